The summed E-state index contributed by atoms with van der Waals surface area (Å²) < 4.78 is 35.2. The van der Waals surface area contributed by atoms with E-state index in [2.05, 4.69) is 31.9 Å². The first-order chi connectivity index (χ1) is 12.1. The van der Waals surface area contributed by atoms with E-state index in [1.165, 1.54) is 6.92 Å². The molecular weight excluding hydrogens is 470 g/mol. The standard InChI is InChI=1S/C20H24Br2F2O2/c1-6-11-13(12(7-2)18(24)10(3)17(11)23)9-26-19(25)16-14(8-15(21)22)20(16,4)5/h8,14,16H,6-7,9H2,1-5H3/t14-,16-/m0/s1. The molecule has 0 amide bonds. The number of ether oxygens (including phenoxy) is 1. The number of benzene rings is 1. The van der Waals surface area contributed by atoms with Gasteiger partial charge in [-0.15, -0.1) is 0 Å². The molecule has 0 saturated heterocycles. The first-order valence-corrected chi connectivity index (χ1v) is 10.3. The molecule has 1 saturated carbocycles. The fourth-order valence-electron chi connectivity index (χ4n) is 3.72. The van der Waals surface area contributed by atoms with Gasteiger partial charge in [0.25, 0.3) is 0 Å². The second-order valence-electron chi connectivity index (χ2n) is 7.28. The molecule has 0 aromatic heterocycles. The molecule has 0 bridgehead atoms. The Bertz CT molecular complexity index is 722. The van der Waals surface area contributed by atoms with E-state index < -0.39 is 11.6 Å². The van der Waals surface area contributed by atoms with Crippen molar-refractivity contribution >= 4 is 37.8 Å². The van der Waals surface area contributed by atoms with Gasteiger partial charge in [0.05, 0.1) is 9.31 Å². The minimum atomic E-state index is -0.538. The highest BCUT2D eigenvalue weighted by Gasteiger charge is 2.61. The van der Waals surface area contributed by atoms with Gasteiger partial charge in [-0.2, -0.15) is 0 Å². The van der Waals surface area contributed by atoms with Crippen molar-refractivity contribution in [1.29, 1.82) is 0 Å². The van der Waals surface area contributed by atoms with Crippen LogP contribution in [0.5, 0.6) is 0 Å². The molecule has 0 aliphatic heterocycles. The summed E-state index contributed by atoms with van der Waals surface area (Å²) in [6.45, 7) is 8.99. The van der Waals surface area contributed by atoms with Gasteiger partial charge in [-0.1, -0.05) is 33.8 Å². The molecule has 1 aromatic carbocycles. The van der Waals surface area contributed by atoms with Crippen LogP contribution in [0, 0.1) is 35.8 Å². The number of carbonyl (C=O) groups excluding carboxylic acids is 1. The fourth-order valence-corrected chi connectivity index (χ4v) is 4.28. The Labute approximate surface area is 170 Å². The van der Waals surface area contributed by atoms with E-state index >= 15 is 0 Å². The molecule has 0 N–H and O–H groups in total. The lowest BCUT2D eigenvalue weighted by Crippen LogP contribution is -2.15. The SMILES string of the molecule is CCc1c(F)c(C)c(F)c(CC)c1COC(=O)[C@@H]1[C@H](C=C(Br)Br)C1(C)C. The number of allylic oxidation sites excluding steroid dienone is 1. The van der Waals surface area contributed by atoms with Crippen molar-refractivity contribution in [2.24, 2.45) is 17.3 Å². The Morgan fingerprint density at radius 2 is 1.62 bits per heavy atom. The second kappa shape index (κ2) is 8.09. The highest BCUT2D eigenvalue weighted by molar-refractivity contribution is 9.28. The maximum Gasteiger partial charge on any atom is 0.310 e. The van der Waals surface area contributed by atoms with Gasteiger partial charge in [-0.05, 0) is 74.1 Å². The molecule has 0 spiro atoms. The van der Waals surface area contributed by atoms with Crippen molar-refractivity contribution in [2.75, 3.05) is 0 Å². The van der Waals surface area contributed by atoms with E-state index in [-0.39, 0.29) is 35.4 Å². The van der Waals surface area contributed by atoms with Gasteiger partial charge in [0.15, 0.2) is 0 Å². The quantitative estimate of drug-likeness (QED) is 0.432. The Kier molecular flexibility index (Phi) is 6.71. The summed E-state index contributed by atoms with van der Waals surface area (Å²) in [5, 5.41) is 0. The van der Waals surface area contributed by atoms with Gasteiger partial charge in [-0.25, -0.2) is 8.78 Å². The van der Waals surface area contributed by atoms with Crippen LogP contribution in [0.4, 0.5) is 8.78 Å². The molecule has 1 aliphatic rings. The minimum absolute atomic E-state index is 0.0319. The van der Waals surface area contributed by atoms with Crippen LogP contribution in [0.15, 0.2) is 9.47 Å². The largest absolute Gasteiger partial charge is 0.461 e. The van der Waals surface area contributed by atoms with Crippen LogP contribution in [-0.4, -0.2) is 5.97 Å². The van der Waals surface area contributed by atoms with E-state index in [9.17, 15) is 13.6 Å². The Hall–Kier alpha value is -0.750. The Morgan fingerprint density at radius 3 is 2.04 bits per heavy atom. The molecule has 1 aromatic rings. The van der Waals surface area contributed by atoms with Crippen molar-refractivity contribution in [3.05, 3.63) is 43.4 Å². The fraction of sp³-hybridized carbons (Fsp3) is 0.550. The van der Waals surface area contributed by atoms with Crippen LogP contribution in [0.25, 0.3) is 0 Å². The summed E-state index contributed by atoms with van der Waals surface area (Å²) in [5.41, 5.74) is 1.17. The molecule has 6 heteroatoms. The van der Waals surface area contributed by atoms with E-state index in [0.29, 0.717) is 29.5 Å². The van der Waals surface area contributed by atoms with Crippen LogP contribution in [-0.2, 0) is 29.0 Å². The lowest BCUT2D eigenvalue weighted by Gasteiger charge is -2.18. The zero-order chi connectivity index (χ0) is 19.8. The van der Waals surface area contributed by atoms with Crippen LogP contribution in [0.1, 0.15) is 49.9 Å². The zero-order valence-electron chi connectivity index (χ0n) is 15.7. The summed E-state index contributed by atoms with van der Waals surface area (Å²) in [6, 6.07) is 0. The highest BCUT2D eigenvalue weighted by Crippen LogP contribution is 2.60. The third kappa shape index (κ3) is 3.91. The van der Waals surface area contributed by atoms with E-state index in [1.54, 1.807) is 0 Å². The summed E-state index contributed by atoms with van der Waals surface area (Å²) in [4.78, 5) is 12.6. The van der Waals surface area contributed by atoms with Crippen LogP contribution in [0.2, 0.25) is 0 Å². The Morgan fingerprint density at radius 1 is 1.12 bits per heavy atom. The maximum absolute atomic E-state index is 14.5. The molecule has 1 aliphatic carbocycles. The number of carbonyl (C=O) groups is 1. The van der Waals surface area contributed by atoms with Crippen LogP contribution in [0.3, 0.4) is 0 Å². The van der Waals surface area contributed by atoms with E-state index in [4.69, 9.17) is 4.74 Å². The second-order valence-corrected chi connectivity index (χ2v) is 10.1. The maximum atomic E-state index is 14.5. The van der Waals surface area contributed by atoms with Crippen molar-refractivity contribution in [3.63, 3.8) is 0 Å². The van der Waals surface area contributed by atoms with Crippen molar-refractivity contribution in [1.82, 2.24) is 0 Å². The average molecular weight is 494 g/mol. The lowest BCUT2D eigenvalue weighted by molar-refractivity contribution is -0.147. The van der Waals surface area contributed by atoms with Crippen molar-refractivity contribution in [2.45, 2.75) is 54.1 Å². The summed E-state index contributed by atoms with van der Waals surface area (Å²) in [7, 11) is 0. The number of halogens is 4. The summed E-state index contributed by atoms with van der Waals surface area (Å²) in [6.07, 6.45) is 2.78. The summed E-state index contributed by atoms with van der Waals surface area (Å²) >= 11 is 6.64. The zero-order valence-corrected chi connectivity index (χ0v) is 18.9. The number of hydrogen-bond acceptors (Lipinski definition) is 2. The monoisotopic (exact) mass is 492 g/mol. The smallest absolute Gasteiger partial charge is 0.310 e. The van der Waals surface area contributed by atoms with Crippen molar-refractivity contribution in [3.8, 4) is 0 Å². The van der Waals surface area contributed by atoms with Gasteiger partial charge >= 0.3 is 5.97 Å². The molecule has 0 heterocycles. The first kappa shape index (κ1) is 21.5. The molecular formula is C20H24Br2F2O2. The predicted molar refractivity (Wildman–Crippen MR) is 106 cm³/mol. The molecule has 26 heavy (non-hydrogen) atoms. The molecule has 0 unspecified atom stereocenters. The van der Waals surface area contributed by atoms with Crippen LogP contribution >= 0.6 is 31.9 Å². The molecule has 2 atom stereocenters. The topological polar surface area (TPSA) is 26.3 Å². The number of rotatable bonds is 6. The van der Waals surface area contributed by atoms with Crippen LogP contribution < -0.4 is 0 Å². The molecule has 144 valence electrons. The number of esters is 1. The predicted octanol–water partition coefficient (Wildman–Crippen LogP) is 6.34. The third-order valence-electron chi connectivity index (χ3n) is 5.45. The van der Waals surface area contributed by atoms with Gasteiger partial charge in [-0.3, -0.25) is 4.79 Å². The first-order valence-electron chi connectivity index (χ1n) is 8.75. The van der Waals surface area contributed by atoms with E-state index in [0.717, 1.165) is 3.39 Å². The van der Waals surface area contributed by atoms with Gasteiger partial charge in [0.1, 0.15) is 18.2 Å². The lowest BCUT2D eigenvalue weighted by atomic mass is 9.93. The molecule has 1 fully saturated rings. The average Bonchev–Trinajstić information content (AvgIpc) is 3.10. The van der Waals surface area contributed by atoms with Gasteiger partial charge in [0.2, 0.25) is 0 Å². The van der Waals surface area contributed by atoms with E-state index in [1.807, 2.05) is 33.8 Å². The molecule has 2 rings (SSSR count). The molecule has 2 nitrogen and oxygen atoms in total. The highest BCUT2D eigenvalue weighted by atomic mass is 79.9. The minimum Gasteiger partial charge on any atom is -0.461 e. The van der Waals surface area contributed by atoms with Gasteiger partial charge in [0, 0.05) is 11.1 Å². The molecule has 0 radical (unpaired) electrons. The normalized spacial score (nSPS) is 20.7. The Balaban J connectivity index is 2.25. The number of hydrogen-bond donors (Lipinski definition) is 0. The van der Waals surface area contributed by atoms with Gasteiger partial charge < -0.3 is 4.74 Å². The summed E-state index contributed by atoms with van der Waals surface area (Å²) in [5.74, 6) is -1.61. The third-order valence-corrected chi connectivity index (χ3v) is 5.98. The van der Waals surface area contributed by atoms with Crippen molar-refractivity contribution < 1.29 is 18.3 Å².